The quantitative estimate of drug-likeness (QED) is 0.441. The van der Waals surface area contributed by atoms with Gasteiger partial charge >= 0.3 is 12.1 Å². The third-order valence-corrected chi connectivity index (χ3v) is 5.53. The second-order valence-electron chi connectivity index (χ2n) is 10.6. The van der Waals surface area contributed by atoms with Gasteiger partial charge in [-0.2, -0.15) is 0 Å². The Kier molecular flexibility index (Phi) is 10.5. The third kappa shape index (κ3) is 9.36. The standard InChI is InChI=1S/C29H40N2O5/c1-19(2)24(31-28(34)36-29(5,6)7)26(32)30-25(20(3)4)27(33)35-23(22-16-12-9-13-17-22)18-21-14-10-8-11-15-21/h8-17,19-20,23-25H,18H2,1-7H3,(H,30,32)(H,31,34)/t23-,24-,25?/m0/s1. The van der Waals surface area contributed by atoms with Gasteiger partial charge in [-0.05, 0) is 43.7 Å². The second kappa shape index (κ2) is 13.1. The molecular formula is C29H40N2O5. The molecule has 2 aromatic rings. The van der Waals surface area contributed by atoms with Crippen LogP contribution >= 0.6 is 0 Å². The van der Waals surface area contributed by atoms with E-state index in [0.29, 0.717) is 6.42 Å². The van der Waals surface area contributed by atoms with Crippen molar-refractivity contribution in [2.24, 2.45) is 11.8 Å². The Morgan fingerprint density at radius 1 is 0.778 bits per heavy atom. The maximum absolute atomic E-state index is 13.3. The summed E-state index contributed by atoms with van der Waals surface area (Å²) in [6.45, 7) is 12.6. The molecule has 0 aliphatic carbocycles. The highest BCUT2D eigenvalue weighted by Gasteiger charge is 2.33. The summed E-state index contributed by atoms with van der Waals surface area (Å²) in [5.41, 5.74) is 1.21. The summed E-state index contributed by atoms with van der Waals surface area (Å²) in [5, 5.41) is 5.43. The molecule has 0 saturated heterocycles. The van der Waals surface area contributed by atoms with Crippen molar-refractivity contribution in [1.82, 2.24) is 10.6 Å². The van der Waals surface area contributed by atoms with Gasteiger partial charge in [-0.25, -0.2) is 9.59 Å². The van der Waals surface area contributed by atoms with Crippen LogP contribution in [-0.4, -0.2) is 35.7 Å². The molecule has 0 radical (unpaired) electrons. The first kappa shape index (κ1) is 28.9. The van der Waals surface area contributed by atoms with Gasteiger partial charge in [-0.15, -0.1) is 0 Å². The van der Waals surface area contributed by atoms with E-state index in [1.807, 2.05) is 88.4 Å². The number of carbonyl (C=O) groups excluding carboxylic acids is 3. The molecule has 0 aromatic heterocycles. The van der Waals surface area contributed by atoms with Crippen LogP contribution in [0, 0.1) is 11.8 Å². The number of hydrogen-bond acceptors (Lipinski definition) is 5. The first-order valence-corrected chi connectivity index (χ1v) is 12.5. The summed E-state index contributed by atoms with van der Waals surface area (Å²) < 4.78 is 11.3. The van der Waals surface area contributed by atoms with E-state index in [9.17, 15) is 14.4 Å². The van der Waals surface area contributed by atoms with Gasteiger partial charge in [0.2, 0.25) is 5.91 Å². The zero-order valence-corrected chi connectivity index (χ0v) is 22.4. The van der Waals surface area contributed by atoms with Crippen LogP contribution in [0.2, 0.25) is 0 Å². The van der Waals surface area contributed by atoms with Crippen molar-refractivity contribution < 1.29 is 23.9 Å². The highest BCUT2D eigenvalue weighted by atomic mass is 16.6. The van der Waals surface area contributed by atoms with Crippen LogP contribution in [0.1, 0.15) is 65.7 Å². The Labute approximate surface area is 215 Å². The number of hydrogen-bond donors (Lipinski definition) is 2. The maximum Gasteiger partial charge on any atom is 0.408 e. The Hall–Kier alpha value is -3.35. The van der Waals surface area contributed by atoms with E-state index in [4.69, 9.17) is 9.47 Å². The molecule has 0 fully saturated rings. The lowest BCUT2D eigenvalue weighted by Gasteiger charge is -2.29. The molecule has 2 rings (SSSR count). The molecule has 0 aliphatic heterocycles. The fraction of sp³-hybridized carbons (Fsp3) is 0.483. The van der Waals surface area contributed by atoms with Crippen molar-refractivity contribution in [3.63, 3.8) is 0 Å². The summed E-state index contributed by atoms with van der Waals surface area (Å²) in [4.78, 5) is 38.8. The molecule has 1 unspecified atom stereocenters. The van der Waals surface area contributed by atoms with E-state index in [-0.39, 0.29) is 11.8 Å². The highest BCUT2D eigenvalue weighted by molar-refractivity contribution is 5.90. The van der Waals surface area contributed by atoms with Crippen LogP contribution in [0.15, 0.2) is 60.7 Å². The van der Waals surface area contributed by atoms with Crippen LogP contribution < -0.4 is 10.6 Å². The van der Waals surface area contributed by atoms with Gasteiger partial charge < -0.3 is 20.1 Å². The van der Waals surface area contributed by atoms with Crippen molar-refractivity contribution in [2.45, 2.75) is 78.7 Å². The van der Waals surface area contributed by atoms with Crippen molar-refractivity contribution in [2.75, 3.05) is 0 Å². The normalized spacial score (nSPS) is 14.0. The first-order chi connectivity index (χ1) is 16.9. The van der Waals surface area contributed by atoms with E-state index >= 15 is 0 Å². The molecule has 0 spiro atoms. The predicted molar refractivity (Wildman–Crippen MR) is 140 cm³/mol. The number of ether oxygens (including phenoxy) is 2. The summed E-state index contributed by atoms with van der Waals surface area (Å²) >= 11 is 0. The minimum Gasteiger partial charge on any atom is -0.456 e. The summed E-state index contributed by atoms with van der Waals surface area (Å²) in [5.74, 6) is -1.45. The van der Waals surface area contributed by atoms with E-state index in [1.165, 1.54) is 0 Å². The van der Waals surface area contributed by atoms with Crippen molar-refractivity contribution in [3.05, 3.63) is 71.8 Å². The maximum atomic E-state index is 13.3. The number of esters is 1. The summed E-state index contributed by atoms with van der Waals surface area (Å²) in [7, 11) is 0. The molecule has 2 amide bonds. The Morgan fingerprint density at radius 2 is 1.31 bits per heavy atom. The average molecular weight is 497 g/mol. The SMILES string of the molecule is CC(C)C(NC(=O)[C@@H](NC(=O)OC(C)(C)C)C(C)C)C(=O)O[C@@H](Cc1ccccc1)c1ccccc1. The smallest absolute Gasteiger partial charge is 0.408 e. The lowest BCUT2D eigenvalue weighted by molar-refractivity contribution is -0.155. The van der Waals surface area contributed by atoms with Gasteiger partial charge in [0, 0.05) is 6.42 Å². The molecule has 2 N–H and O–H groups in total. The van der Waals surface area contributed by atoms with Gasteiger partial charge in [-0.1, -0.05) is 88.4 Å². The van der Waals surface area contributed by atoms with Crippen LogP contribution in [0.3, 0.4) is 0 Å². The van der Waals surface area contributed by atoms with E-state index in [1.54, 1.807) is 20.8 Å². The molecule has 0 saturated carbocycles. The van der Waals surface area contributed by atoms with Crippen molar-refractivity contribution in [3.8, 4) is 0 Å². The lowest BCUT2D eigenvalue weighted by atomic mass is 9.99. The fourth-order valence-corrected chi connectivity index (χ4v) is 3.65. The van der Waals surface area contributed by atoms with Gasteiger partial charge in [0.05, 0.1) is 0 Å². The van der Waals surface area contributed by atoms with Crippen LogP contribution in [0.5, 0.6) is 0 Å². The summed E-state index contributed by atoms with van der Waals surface area (Å²) in [6, 6.07) is 17.6. The first-order valence-electron chi connectivity index (χ1n) is 12.5. The molecule has 2 aromatic carbocycles. The number of alkyl carbamates (subject to hydrolysis) is 1. The fourth-order valence-electron chi connectivity index (χ4n) is 3.65. The number of amides is 2. The monoisotopic (exact) mass is 496 g/mol. The second-order valence-corrected chi connectivity index (χ2v) is 10.6. The topological polar surface area (TPSA) is 93.7 Å². The molecular weight excluding hydrogens is 456 g/mol. The zero-order valence-electron chi connectivity index (χ0n) is 22.4. The highest BCUT2D eigenvalue weighted by Crippen LogP contribution is 2.24. The molecule has 0 aliphatic rings. The van der Waals surface area contributed by atoms with Crippen LogP contribution in [0.4, 0.5) is 4.79 Å². The predicted octanol–water partition coefficient (Wildman–Crippen LogP) is 5.20. The number of nitrogens with one attached hydrogen (secondary N) is 2. The van der Waals surface area contributed by atoms with Crippen LogP contribution in [0.25, 0.3) is 0 Å². The summed E-state index contributed by atoms with van der Waals surface area (Å²) in [6.07, 6.45) is -0.698. The minimum absolute atomic E-state index is 0.225. The largest absolute Gasteiger partial charge is 0.456 e. The Morgan fingerprint density at radius 3 is 1.81 bits per heavy atom. The van der Waals surface area contributed by atoms with Crippen molar-refractivity contribution >= 4 is 18.0 Å². The Bertz CT molecular complexity index is 984. The molecule has 7 heteroatoms. The molecule has 7 nitrogen and oxygen atoms in total. The molecule has 196 valence electrons. The van der Waals surface area contributed by atoms with Gasteiger partial charge in [0.1, 0.15) is 23.8 Å². The van der Waals surface area contributed by atoms with E-state index < -0.39 is 41.8 Å². The number of benzene rings is 2. The molecule has 3 atom stereocenters. The molecule has 36 heavy (non-hydrogen) atoms. The molecule has 0 bridgehead atoms. The average Bonchev–Trinajstić information content (AvgIpc) is 2.80. The van der Waals surface area contributed by atoms with Gasteiger partial charge in [0.15, 0.2) is 0 Å². The lowest BCUT2D eigenvalue weighted by Crippen LogP contribution is -2.55. The van der Waals surface area contributed by atoms with Gasteiger partial charge in [-0.3, -0.25) is 4.79 Å². The van der Waals surface area contributed by atoms with Gasteiger partial charge in [0.25, 0.3) is 0 Å². The number of carbonyl (C=O) groups is 3. The zero-order chi connectivity index (χ0) is 26.9. The van der Waals surface area contributed by atoms with E-state index in [2.05, 4.69) is 10.6 Å². The van der Waals surface area contributed by atoms with E-state index in [0.717, 1.165) is 11.1 Å². The van der Waals surface area contributed by atoms with Crippen molar-refractivity contribution in [1.29, 1.82) is 0 Å². The molecule has 0 heterocycles. The van der Waals surface area contributed by atoms with Crippen LogP contribution in [-0.2, 0) is 25.5 Å². The third-order valence-electron chi connectivity index (χ3n) is 5.53. The Balaban J connectivity index is 2.18. The minimum atomic E-state index is -0.888. The number of rotatable bonds is 10.